The fraction of sp³-hybridized carbons (Fsp3) is 0.0270. The minimum absolute atomic E-state index is 0.397. The molecule has 1 aliphatic rings. The number of para-hydroxylation sites is 2. The summed E-state index contributed by atoms with van der Waals surface area (Å²) in [6.45, 7) is 0. The van der Waals surface area contributed by atoms with Crippen molar-refractivity contribution in [2.45, 2.75) is 5.41 Å². The van der Waals surface area contributed by atoms with Crippen molar-refractivity contribution in [3.63, 3.8) is 0 Å². The van der Waals surface area contributed by atoms with Crippen LogP contribution in [0.25, 0.3) is 22.3 Å². The van der Waals surface area contributed by atoms with Crippen molar-refractivity contribution in [3.8, 4) is 22.3 Å². The number of fused-ring (bicyclic) bond motifs is 3. The molecule has 1 nitrogen and oxygen atoms in total. The van der Waals surface area contributed by atoms with Gasteiger partial charge in [-0.15, -0.1) is 0 Å². The molecule has 0 saturated heterocycles. The van der Waals surface area contributed by atoms with Crippen molar-refractivity contribution in [1.29, 1.82) is 0 Å². The number of anilines is 2. The Kier molecular flexibility index (Phi) is 5.41. The van der Waals surface area contributed by atoms with E-state index in [2.05, 4.69) is 157 Å². The lowest BCUT2D eigenvalue weighted by Crippen LogP contribution is -2.28. The van der Waals surface area contributed by atoms with Gasteiger partial charge in [-0.3, -0.25) is 0 Å². The first-order valence-electron chi connectivity index (χ1n) is 13.1. The lowest BCUT2D eigenvalue weighted by atomic mass is 9.67. The van der Waals surface area contributed by atoms with Crippen LogP contribution in [0.5, 0.6) is 0 Å². The second-order valence-corrected chi connectivity index (χ2v) is 9.82. The van der Waals surface area contributed by atoms with Crippen molar-refractivity contribution in [3.05, 3.63) is 180 Å². The van der Waals surface area contributed by atoms with Crippen LogP contribution in [0.4, 0.5) is 11.4 Å². The van der Waals surface area contributed by atoms with E-state index < -0.39 is 5.41 Å². The molecule has 180 valence electrons. The summed E-state index contributed by atoms with van der Waals surface area (Å²) in [7, 11) is 0. The van der Waals surface area contributed by atoms with Crippen molar-refractivity contribution in [2.75, 3.05) is 5.32 Å². The van der Waals surface area contributed by atoms with Crippen LogP contribution in [0.3, 0.4) is 0 Å². The molecule has 0 aromatic heterocycles. The molecule has 0 heterocycles. The first kappa shape index (κ1) is 22.3. The van der Waals surface area contributed by atoms with E-state index in [0.29, 0.717) is 0 Å². The summed E-state index contributed by atoms with van der Waals surface area (Å²) in [6, 6.07) is 56.8. The maximum atomic E-state index is 3.63. The van der Waals surface area contributed by atoms with Crippen LogP contribution in [-0.4, -0.2) is 0 Å². The van der Waals surface area contributed by atoms with Crippen molar-refractivity contribution < 1.29 is 0 Å². The molecule has 1 heteroatoms. The van der Waals surface area contributed by atoms with E-state index in [1.165, 1.54) is 44.5 Å². The van der Waals surface area contributed by atoms with Gasteiger partial charge in [0.1, 0.15) is 0 Å². The Balaban J connectivity index is 1.47. The summed E-state index contributed by atoms with van der Waals surface area (Å²) in [5, 5.41) is 3.63. The highest BCUT2D eigenvalue weighted by atomic mass is 14.9. The third-order valence-electron chi connectivity index (χ3n) is 7.75. The molecule has 0 unspecified atom stereocenters. The van der Waals surface area contributed by atoms with Gasteiger partial charge in [0, 0.05) is 16.9 Å². The second-order valence-electron chi connectivity index (χ2n) is 9.82. The number of hydrogen-bond acceptors (Lipinski definition) is 1. The molecular formula is C37H27N. The Morgan fingerprint density at radius 1 is 0.395 bits per heavy atom. The minimum atomic E-state index is -0.397. The number of rotatable bonds is 5. The normalized spacial score (nSPS) is 12.9. The van der Waals surface area contributed by atoms with E-state index in [1.807, 2.05) is 6.07 Å². The van der Waals surface area contributed by atoms with E-state index in [9.17, 15) is 0 Å². The third-order valence-corrected chi connectivity index (χ3v) is 7.75. The minimum Gasteiger partial charge on any atom is -0.355 e. The quantitative estimate of drug-likeness (QED) is 0.256. The zero-order chi connectivity index (χ0) is 25.4. The van der Waals surface area contributed by atoms with Crippen LogP contribution < -0.4 is 5.32 Å². The van der Waals surface area contributed by atoms with Crippen LogP contribution in [0.15, 0.2) is 158 Å². The molecule has 0 spiro atoms. The van der Waals surface area contributed by atoms with Gasteiger partial charge < -0.3 is 5.32 Å². The molecular weight excluding hydrogens is 458 g/mol. The summed E-state index contributed by atoms with van der Waals surface area (Å²) in [5.41, 5.74) is 12.0. The zero-order valence-corrected chi connectivity index (χ0v) is 21.0. The smallest absolute Gasteiger partial charge is 0.0713 e. The van der Waals surface area contributed by atoms with Crippen LogP contribution in [-0.2, 0) is 5.41 Å². The van der Waals surface area contributed by atoms with Crippen LogP contribution >= 0.6 is 0 Å². The van der Waals surface area contributed by atoms with Gasteiger partial charge in [0.15, 0.2) is 0 Å². The van der Waals surface area contributed by atoms with Gasteiger partial charge in [-0.25, -0.2) is 0 Å². The molecule has 0 saturated carbocycles. The average molecular weight is 486 g/mol. The highest BCUT2D eigenvalue weighted by Gasteiger charge is 2.45. The van der Waals surface area contributed by atoms with Gasteiger partial charge in [-0.2, -0.15) is 0 Å². The van der Waals surface area contributed by atoms with E-state index in [1.54, 1.807) is 0 Å². The molecule has 0 bridgehead atoms. The van der Waals surface area contributed by atoms with Gasteiger partial charge in [-0.1, -0.05) is 133 Å². The Bertz CT molecular complexity index is 1690. The Morgan fingerprint density at radius 2 is 0.921 bits per heavy atom. The molecule has 6 aromatic carbocycles. The SMILES string of the molecule is c1ccc(Nc2ccccc2-c2cccc(C3(c4ccccc4)c4ccccc4-c4ccccc43)c2)cc1. The molecule has 1 aliphatic carbocycles. The monoisotopic (exact) mass is 485 g/mol. The summed E-state index contributed by atoms with van der Waals surface area (Å²) >= 11 is 0. The molecule has 7 rings (SSSR count). The summed E-state index contributed by atoms with van der Waals surface area (Å²) in [6.07, 6.45) is 0. The molecule has 38 heavy (non-hydrogen) atoms. The lowest BCUT2D eigenvalue weighted by Gasteiger charge is -2.34. The summed E-state index contributed by atoms with van der Waals surface area (Å²) < 4.78 is 0. The van der Waals surface area contributed by atoms with E-state index in [0.717, 1.165) is 11.4 Å². The number of nitrogens with one attached hydrogen (secondary N) is 1. The predicted octanol–water partition coefficient (Wildman–Crippen LogP) is 9.46. The average Bonchev–Trinajstić information content (AvgIpc) is 3.30. The van der Waals surface area contributed by atoms with Crippen molar-refractivity contribution in [1.82, 2.24) is 0 Å². The molecule has 0 aliphatic heterocycles. The Morgan fingerprint density at radius 3 is 1.61 bits per heavy atom. The summed E-state index contributed by atoms with van der Waals surface area (Å²) in [4.78, 5) is 0. The highest BCUT2D eigenvalue weighted by molar-refractivity contribution is 5.87. The van der Waals surface area contributed by atoms with Crippen LogP contribution in [0.1, 0.15) is 22.3 Å². The van der Waals surface area contributed by atoms with Gasteiger partial charge in [0.05, 0.1) is 5.41 Å². The molecule has 0 fully saturated rings. The van der Waals surface area contributed by atoms with Gasteiger partial charge >= 0.3 is 0 Å². The van der Waals surface area contributed by atoms with E-state index >= 15 is 0 Å². The molecule has 0 radical (unpaired) electrons. The largest absolute Gasteiger partial charge is 0.355 e. The fourth-order valence-corrected chi connectivity index (χ4v) is 6.15. The Hall–Kier alpha value is -4.88. The highest BCUT2D eigenvalue weighted by Crippen LogP contribution is 2.56. The predicted molar refractivity (Wildman–Crippen MR) is 159 cm³/mol. The summed E-state index contributed by atoms with van der Waals surface area (Å²) in [5.74, 6) is 0. The Labute approximate surface area is 224 Å². The topological polar surface area (TPSA) is 12.0 Å². The van der Waals surface area contributed by atoms with E-state index in [-0.39, 0.29) is 0 Å². The zero-order valence-electron chi connectivity index (χ0n) is 21.0. The lowest BCUT2D eigenvalue weighted by molar-refractivity contribution is 0.769. The fourth-order valence-electron chi connectivity index (χ4n) is 6.15. The molecule has 6 aromatic rings. The first-order valence-corrected chi connectivity index (χ1v) is 13.1. The standard InChI is InChI=1S/C37H27N/c1-3-15-28(16-4-1)37(34-23-10-7-21-32(34)33-22-8-11-24-35(33)37)29-17-13-14-27(26-29)31-20-9-12-25-36(31)38-30-18-5-2-6-19-30/h1-26,38H. The van der Waals surface area contributed by atoms with Gasteiger partial charge in [-0.05, 0) is 63.2 Å². The van der Waals surface area contributed by atoms with Crippen LogP contribution in [0.2, 0.25) is 0 Å². The van der Waals surface area contributed by atoms with Crippen LogP contribution in [0, 0.1) is 0 Å². The molecule has 0 atom stereocenters. The maximum Gasteiger partial charge on any atom is 0.0713 e. The molecule has 1 N–H and O–H groups in total. The number of benzene rings is 6. The van der Waals surface area contributed by atoms with Crippen molar-refractivity contribution >= 4 is 11.4 Å². The molecule has 0 amide bonds. The van der Waals surface area contributed by atoms with Gasteiger partial charge in [0.25, 0.3) is 0 Å². The maximum absolute atomic E-state index is 3.63. The van der Waals surface area contributed by atoms with Crippen molar-refractivity contribution in [2.24, 2.45) is 0 Å². The number of hydrogen-bond donors (Lipinski definition) is 1. The van der Waals surface area contributed by atoms with Gasteiger partial charge in [0.2, 0.25) is 0 Å². The first-order chi connectivity index (χ1) is 18.9. The second kappa shape index (κ2) is 9.21. The third kappa shape index (κ3) is 3.48. The van der Waals surface area contributed by atoms with E-state index in [4.69, 9.17) is 0 Å².